The van der Waals surface area contributed by atoms with E-state index >= 15 is 0 Å². The van der Waals surface area contributed by atoms with E-state index < -0.39 is 0 Å². The normalized spacial score (nSPS) is 10.5. The van der Waals surface area contributed by atoms with Gasteiger partial charge in [0.15, 0.2) is 0 Å². The van der Waals surface area contributed by atoms with Crippen molar-refractivity contribution in [2.24, 2.45) is 0 Å². The predicted molar refractivity (Wildman–Crippen MR) is 108 cm³/mol. The number of anilines is 1. The summed E-state index contributed by atoms with van der Waals surface area (Å²) in [7, 11) is 0. The molecule has 0 atom stereocenters. The second-order valence-electron chi connectivity index (χ2n) is 5.43. The van der Waals surface area contributed by atoms with Gasteiger partial charge in [0.2, 0.25) is 5.91 Å². The van der Waals surface area contributed by atoms with Crippen molar-refractivity contribution in [2.45, 2.75) is 21.9 Å². The lowest BCUT2D eigenvalue weighted by Crippen LogP contribution is -2.14. The molecule has 0 spiro atoms. The van der Waals surface area contributed by atoms with Crippen molar-refractivity contribution in [1.82, 2.24) is 9.97 Å². The highest BCUT2D eigenvalue weighted by molar-refractivity contribution is 8.02. The van der Waals surface area contributed by atoms with Crippen molar-refractivity contribution in [3.8, 4) is 0 Å². The Morgan fingerprint density at radius 2 is 1.81 bits per heavy atom. The topological polar surface area (TPSA) is 54.9 Å². The molecule has 4 nitrogen and oxygen atoms in total. The first-order valence-corrected chi connectivity index (χ1v) is 10.0. The number of aromatic nitrogens is 2. The van der Waals surface area contributed by atoms with Gasteiger partial charge in [-0.1, -0.05) is 52.8 Å². The first-order valence-electron chi connectivity index (χ1n) is 7.84. The molecule has 0 saturated carbocycles. The lowest BCUT2D eigenvalue weighted by Gasteiger charge is -2.08. The van der Waals surface area contributed by atoms with Gasteiger partial charge in [0.1, 0.15) is 10.1 Å². The highest BCUT2D eigenvalue weighted by Gasteiger charge is 2.11. The van der Waals surface area contributed by atoms with Crippen molar-refractivity contribution in [3.63, 3.8) is 0 Å². The number of hydrogen-bond donors (Lipinski definition) is 1. The number of benzene rings is 2. The molecule has 0 saturated heterocycles. The van der Waals surface area contributed by atoms with Crippen molar-refractivity contribution < 1.29 is 4.79 Å². The summed E-state index contributed by atoms with van der Waals surface area (Å²) in [5.41, 5.74) is 1.91. The van der Waals surface area contributed by atoms with Crippen LogP contribution in [0.25, 0.3) is 0 Å². The van der Waals surface area contributed by atoms with Crippen molar-refractivity contribution in [2.75, 3.05) is 11.1 Å². The number of aryl methyl sites for hydroxylation is 1. The van der Waals surface area contributed by atoms with Crippen LogP contribution in [-0.4, -0.2) is 21.6 Å². The molecular weight excluding hydrogens is 386 g/mol. The number of halogens is 1. The molecule has 3 rings (SSSR count). The van der Waals surface area contributed by atoms with Crippen LogP contribution in [0.5, 0.6) is 0 Å². The number of carbonyl (C=O) groups is 1. The zero-order valence-corrected chi connectivity index (χ0v) is 16.4. The minimum Gasteiger partial charge on any atom is -0.325 e. The smallest absolute Gasteiger partial charge is 0.234 e. The lowest BCUT2D eigenvalue weighted by molar-refractivity contribution is -0.113. The summed E-state index contributed by atoms with van der Waals surface area (Å²) >= 11 is 8.76. The third kappa shape index (κ3) is 5.49. The van der Waals surface area contributed by atoms with Gasteiger partial charge >= 0.3 is 0 Å². The van der Waals surface area contributed by atoms with E-state index in [1.807, 2.05) is 12.1 Å². The Hall–Kier alpha value is -2.02. The lowest BCUT2D eigenvalue weighted by atomic mass is 10.2. The van der Waals surface area contributed by atoms with Crippen LogP contribution in [-0.2, 0) is 4.79 Å². The Balaban J connectivity index is 1.62. The van der Waals surface area contributed by atoms with E-state index in [2.05, 4.69) is 34.3 Å². The zero-order chi connectivity index (χ0) is 18.4. The molecule has 1 aromatic heterocycles. The van der Waals surface area contributed by atoms with Gasteiger partial charge in [-0.2, -0.15) is 0 Å². The molecule has 26 heavy (non-hydrogen) atoms. The second kappa shape index (κ2) is 9.07. The maximum atomic E-state index is 12.2. The Morgan fingerprint density at radius 3 is 2.54 bits per heavy atom. The Kier molecular flexibility index (Phi) is 6.55. The van der Waals surface area contributed by atoms with E-state index in [0.29, 0.717) is 10.7 Å². The SMILES string of the molecule is Cc1cccc(Sc2nccnc2SCC(=O)Nc2ccc(Cl)cc2)c1. The monoisotopic (exact) mass is 401 g/mol. The Bertz CT molecular complexity index is 903. The first-order chi connectivity index (χ1) is 12.6. The molecule has 3 aromatic rings. The molecule has 0 aliphatic carbocycles. The highest BCUT2D eigenvalue weighted by atomic mass is 35.5. The Labute approximate surface area is 165 Å². The van der Waals surface area contributed by atoms with Crippen LogP contribution < -0.4 is 5.32 Å². The van der Waals surface area contributed by atoms with Gasteiger partial charge in [-0.05, 0) is 43.3 Å². The molecule has 0 radical (unpaired) electrons. The van der Waals surface area contributed by atoms with Gasteiger partial charge in [-0.15, -0.1) is 0 Å². The van der Waals surface area contributed by atoms with Crippen LogP contribution in [0.4, 0.5) is 5.69 Å². The fourth-order valence-electron chi connectivity index (χ4n) is 2.14. The number of thioether (sulfide) groups is 1. The quantitative estimate of drug-likeness (QED) is 0.566. The van der Waals surface area contributed by atoms with Crippen molar-refractivity contribution >= 4 is 46.7 Å². The van der Waals surface area contributed by atoms with E-state index in [9.17, 15) is 4.79 Å². The van der Waals surface area contributed by atoms with Crippen LogP contribution in [0.3, 0.4) is 0 Å². The minimum atomic E-state index is -0.102. The molecule has 0 fully saturated rings. The Morgan fingerprint density at radius 1 is 1.08 bits per heavy atom. The molecule has 1 amide bonds. The fourth-order valence-corrected chi connectivity index (χ4v) is 4.08. The second-order valence-corrected chi connectivity index (χ2v) is 7.89. The molecule has 1 N–H and O–H groups in total. The van der Waals surface area contributed by atoms with E-state index in [-0.39, 0.29) is 11.7 Å². The van der Waals surface area contributed by atoms with Crippen LogP contribution in [0.2, 0.25) is 5.02 Å². The number of rotatable bonds is 6. The molecule has 1 heterocycles. The van der Waals surface area contributed by atoms with E-state index in [1.165, 1.54) is 17.3 Å². The van der Waals surface area contributed by atoms with E-state index in [0.717, 1.165) is 14.9 Å². The van der Waals surface area contributed by atoms with Crippen LogP contribution in [0.15, 0.2) is 75.9 Å². The average Bonchev–Trinajstić information content (AvgIpc) is 2.63. The number of nitrogens with zero attached hydrogens (tertiary/aromatic N) is 2. The summed E-state index contributed by atoms with van der Waals surface area (Å²) < 4.78 is 0. The minimum absolute atomic E-state index is 0.102. The van der Waals surface area contributed by atoms with Crippen LogP contribution in [0.1, 0.15) is 5.56 Å². The average molecular weight is 402 g/mol. The summed E-state index contributed by atoms with van der Waals surface area (Å²) in [4.78, 5) is 22.0. The van der Waals surface area contributed by atoms with Crippen LogP contribution >= 0.6 is 35.1 Å². The number of hydrogen-bond acceptors (Lipinski definition) is 5. The maximum Gasteiger partial charge on any atom is 0.234 e. The summed E-state index contributed by atoms with van der Waals surface area (Å²) in [6.45, 7) is 2.05. The third-order valence-corrected chi connectivity index (χ3v) is 5.65. The number of nitrogens with one attached hydrogen (secondary N) is 1. The van der Waals surface area contributed by atoms with Crippen molar-refractivity contribution in [3.05, 3.63) is 71.5 Å². The molecule has 132 valence electrons. The molecule has 0 unspecified atom stereocenters. The molecule has 2 aromatic carbocycles. The van der Waals surface area contributed by atoms with Gasteiger partial charge in [0, 0.05) is 28.0 Å². The van der Waals surface area contributed by atoms with Crippen molar-refractivity contribution in [1.29, 1.82) is 0 Å². The first kappa shape index (κ1) is 18.8. The summed E-state index contributed by atoms with van der Waals surface area (Å²) in [5, 5.41) is 5.01. The standard InChI is InChI=1S/C19H16ClN3OS2/c1-13-3-2-4-16(11-13)26-19-18(21-9-10-22-19)25-12-17(24)23-15-7-5-14(20)6-8-15/h2-11H,12H2,1H3,(H,23,24). The van der Waals surface area contributed by atoms with Gasteiger partial charge < -0.3 is 5.32 Å². The summed E-state index contributed by atoms with van der Waals surface area (Å²) in [5.74, 6) is 0.150. The summed E-state index contributed by atoms with van der Waals surface area (Å²) in [6, 6.07) is 15.2. The number of amides is 1. The molecule has 0 bridgehead atoms. The van der Waals surface area contributed by atoms with Gasteiger partial charge in [0.05, 0.1) is 5.75 Å². The largest absolute Gasteiger partial charge is 0.325 e. The predicted octanol–water partition coefficient (Wildman–Crippen LogP) is 5.32. The van der Waals surface area contributed by atoms with Gasteiger partial charge in [-0.25, -0.2) is 9.97 Å². The molecule has 7 heteroatoms. The van der Waals surface area contributed by atoms with Gasteiger partial charge in [0.25, 0.3) is 0 Å². The maximum absolute atomic E-state index is 12.2. The van der Waals surface area contributed by atoms with E-state index in [4.69, 9.17) is 11.6 Å². The highest BCUT2D eigenvalue weighted by Crippen LogP contribution is 2.32. The van der Waals surface area contributed by atoms with Crippen LogP contribution in [0, 0.1) is 6.92 Å². The third-order valence-electron chi connectivity index (χ3n) is 3.31. The molecular formula is C19H16ClN3OS2. The molecule has 0 aliphatic rings. The fraction of sp³-hybridized carbons (Fsp3) is 0.105. The van der Waals surface area contributed by atoms with Gasteiger partial charge in [-0.3, -0.25) is 4.79 Å². The zero-order valence-electron chi connectivity index (χ0n) is 14.0. The number of carbonyl (C=O) groups excluding carboxylic acids is 1. The molecule has 0 aliphatic heterocycles. The summed E-state index contributed by atoms with van der Waals surface area (Å²) in [6.07, 6.45) is 3.30. The van der Waals surface area contributed by atoms with E-state index in [1.54, 1.807) is 48.4 Å².